The molecule has 0 radical (unpaired) electrons. The van der Waals surface area contributed by atoms with Crippen molar-refractivity contribution in [2.75, 3.05) is 6.54 Å². The van der Waals surface area contributed by atoms with E-state index in [4.69, 9.17) is 0 Å². The predicted octanol–water partition coefficient (Wildman–Crippen LogP) is 1.41. The molecule has 15 heavy (non-hydrogen) atoms. The van der Waals surface area contributed by atoms with Gasteiger partial charge in [0.25, 0.3) is 0 Å². The molecule has 1 saturated heterocycles. The van der Waals surface area contributed by atoms with Crippen molar-refractivity contribution in [3.05, 3.63) is 16.5 Å². The van der Waals surface area contributed by atoms with E-state index >= 15 is 0 Å². The molecule has 0 bridgehead atoms. The van der Waals surface area contributed by atoms with Gasteiger partial charge in [-0.3, -0.25) is 10.1 Å². The van der Waals surface area contributed by atoms with Crippen LogP contribution in [0.3, 0.4) is 0 Å². The fourth-order valence-corrected chi connectivity index (χ4v) is 2.69. The summed E-state index contributed by atoms with van der Waals surface area (Å²) < 4.78 is 0. The Morgan fingerprint density at radius 3 is 3.13 bits per heavy atom. The topological polar surface area (TPSA) is 44.7 Å². The number of amides is 1. The van der Waals surface area contributed by atoms with Crippen molar-refractivity contribution in [3.63, 3.8) is 0 Å². The third-order valence-corrected chi connectivity index (χ3v) is 3.56. The second-order valence-electron chi connectivity index (χ2n) is 3.54. The Labute approximate surface area is 97.4 Å². The summed E-state index contributed by atoms with van der Waals surface area (Å²) in [7, 11) is 0. The average Bonchev–Trinajstić information content (AvgIpc) is 2.66. The molecule has 1 aromatic rings. The smallest absolute Gasteiger partial charge is 0.246 e. The number of aliphatic imine (C=N–C) groups is 1. The Bertz CT molecular complexity index is 454. The molecule has 2 aliphatic rings. The highest BCUT2D eigenvalue weighted by atomic mass is 35.5. The van der Waals surface area contributed by atoms with Crippen molar-refractivity contribution in [1.82, 2.24) is 10.2 Å². The largest absolute Gasteiger partial charge is 0.329 e. The summed E-state index contributed by atoms with van der Waals surface area (Å²) in [6.45, 7) is 3.33. The van der Waals surface area contributed by atoms with Crippen LogP contribution in [0.1, 0.15) is 11.1 Å². The molecule has 0 aromatic carbocycles. The number of halogens is 1. The lowest BCUT2D eigenvalue weighted by Crippen LogP contribution is -2.31. The number of hydrogen-bond donors (Lipinski definition) is 1. The molecule has 1 N–H and O–H groups in total. The fraction of sp³-hybridized carbons (Fsp3) is 0.333. The van der Waals surface area contributed by atoms with Crippen molar-refractivity contribution in [1.29, 1.82) is 0 Å². The molecule has 3 heterocycles. The van der Waals surface area contributed by atoms with Crippen LogP contribution in [0, 0.1) is 6.92 Å². The van der Waals surface area contributed by atoms with E-state index in [1.807, 2.05) is 4.90 Å². The molecule has 0 saturated carbocycles. The van der Waals surface area contributed by atoms with Gasteiger partial charge in [-0.2, -0.15) is 0 Å². The maximum atomic E-state index is 11.1. The Balaban J connectivity index is 0.000000853. The molecule has 0 atom stereocenters. The summed E-state index contributed by atoms with van der Waals surface area (Å²) in [6, 6.07) is 0. The molecule has 80 valence electrons. The molecule has 2 aliphatic heterocycles. The molecule has 3 rings (SSSR count). The lowest BCUT2D eigenvalue weighted by atomic mass is 10.2. The average molecular weight is 244 g/mol. The number of carbonyl (C=O) groups is 1. The number of fused-ring (bicyclic) bond motifs is 2. The molecule has 1 fully saturated rings. The van der Waals surface area contributed by atoms with Gasteiger partial charge in [0, 0.05) is 12.1 Å². The van der Waals surface area contributed by atoms with E-state index in [0.29, 0.717) is 12.5 Å². The number of aryl methyl sites for hydroxylation is 1. The summed E-state index contributed by atoms with van der Waals surface area (Å²) in [5.41, 5.74) is 2.53. The minimum absolute atomic E-state index is 0. The summed E-state index contributed by atoms with van der Waals surface area (Å²) in [6.07, 6.45) is 0. The zero-order valence-electron chi connectivity index (χ0n) is 8.11. The first-order chi connectivity index (χ1) is 6.74. The van der Waals surface area contributed by atoms with Gasteiger partial charge in [0.05, 0.1) is 0 Å². The van der Waals surface area contributed by atoms with Gasteiger partial charge in [0.1, 0.15) is 11.5 Å². The highest BCUT2D eigenvalue weighted by Crippen LogP contribution is 2.35. The minimum atomic E-state index is 0. The molecule has 0 aliphatic carbocycles. The molecule has 1 aromatic heterocycles. The summed E-state index contributed by atoms with van der Waals surface area (Å²) >= 11 is 1.64. The first kappa shape index (κ1) is 10.4. The standard InChI is InChI=1S/C9H9N3OS.ClH/c1-5-4-14-8-6(5)2-12-3-7(13)10-9(12)11-8;/h4H,2-3H2,1H3,(H,10,11,13);1H. The number of nitrogens with zero attached hydrogens (tertiary/aromatic N) is 2. The van der Waals surface area contributed by atoms with Gasteiger partial charge in [0.2, 0.25) is 11.9 Å². The van der Waals surface area contributed by atoms with Gasteiger partial charge in [-0.05, 0) is 17.9 Å². The van der Waals surface area contributed by atoms with E-state index < -0.39 is 0 Å². The highest BCUT2D eigenvalue weighted by molar-refractivity contribution is 7.14. The summed E-state index contributed by atoms with van der Waals surface area (Å²) in [5, 5.41) is 5.90. The first-order valence-electron chi connectivity index (χ1n) is 4.44. The third-order valence-electron chi connectivity index (χ3n) is 2.52. The van der Waals surface area contributed by atoms with E-state index in [0.717, 1.165) is 11.5 Å². The molecule has 0 unspecified atom stereocenters. The van der Waals surface area contributed by atoms with Crippen LogP contribution in [-0.2, 0) is 11.3 Å². The van der Waals surface area contributed by atoms with Gasteiger partial charge < -0.3 is 4.90 Å². The van der Waals surface area contributed by atoms with Crippen LogP contribution < -0.4 is 5.32 Å². The van der Waals surface area contributed by atoms with Crippen molar-refractivity contribution in [2.45, 2.75) is 13.5 Å². The van der Waals surface area contributed by atoms with Crippen LogP contribution in [0.4, 0.5) is 5.00 Å². The second kappa shape index (κ2) is 3.50. The molecule has 0 spiro atoms. The van der Waals surface area contributed by atoms with Crippen molar-refractivity contribution in [2.24, 2.45) is 4.99 Å². The molecular formula is C9H10ClN3OS. The summed E-state index contributed by atoms with van der Waals surface area (Å²) in [5.74, 6) is 0.751. The first-order valence-corrected chi connectivity index (χ1v) is 5.32. The second-order valence-corrected chi connectivity index (χ2v) is 4.40. The number of hydrogen-bond acceptors (Lipinski definition) is 4. The van der Waals surface area contributed by atoms with Gasteiger partial charge in [-0.1, -0.05) is 0 Å². The quantitative estimate of drug-likeness (QED) is 0.749. The van der Waals surface area contributed by atoms with Crippen LogP contribution in [0.2, 0.25) is 0 Å². The van der Waals surface area contributed by atoms with E-state index in [1.54, 1.807) is 11.3 Å². The van der Waals surface area contributed by atoms with Gasteiger partial charge in [-0.15, -0.1) is 23.7 Å². The number of nitrogens with one attached hydrogen (secondary N) is 1. The number of thiophene rings is 1. The Hall–Kier alpha value is -1.07. The van der Waals surface area contributed by atoms with E-state index in [-0.39, 0.29) is 18.3 Å². The zero-order chi connectivity index (χ0) is 9.71. The van der Waals surface area contributed by atoms with E-state index in [2.05, 4.69) is 22.6 Å². The van der Waals surface area contributed by atoms with Gasteiger partial charge in [0.15, 0.2) is 0 Å². The normalized spacial score (nSPS) is 17.5. The molecule has 1 amide bonds. The van der Waals surface area contributed by atoms with Crippen LogP contribution in [0.25, 0.3) is 0 Å². The lowest BCUT2D eigenvalue weighted by Gasteiger charge is -2.20. The van der Waals surface area contributed by atoms with Crippen molar-refractivity contribution < 1.29 is 4.79 Å². The van der Waals surface area contributed by atoms with Crippen LogP contribution >= 0.6 is 23.7 Å². The molecule has 4 nitrogen and oxygen atoms in total. The Morgan fingerprint density at radius 1 is 1.53 bits per heavy atom. The van der Waals surface area contributed by atoms with Crippen molar-refractivity contribution in [3.8, 4) is 0 Å². The Kier molecular flexibility index (Phi) is 2.44. The van der Waals surface area contributed by atoms with Gasteiger partial charge in [-0.25, -0.2) is 4.99 Å². The minimum Gasteiger partial charge on any atom is -0.329 e. The maximum Gasteiger partial charge on any atom is 0.246 e. The van der Waals surface area contributed by atoms with Crippen LogP contribution in [0.15, 0.2) is 10.4 Å². The number of guanidine groups is 1. The van der Waals surface area contributed by atoms with E-state index in [1.165, 1.54) is 11.1 Å². The lowest BCUT2D eigenvalue weighted by molar-refractivity contribution is -0.118. The monoisotopic (exact) mass is 243 g/mol. The molecular weight excluding hydrogens is 234 g/mol. The SMILES string of the molecule is Cc1csc2c1CN1CC(=O)NC1=N2.Cl. The van der Waals surface area contributed by atoms with Crippen LogP contribution in [0.5, 0.6) is 0 Å². The number of carbonyl (C=O) groups excluding carboxylic acids is 1. The van der Waals surface area contributed by atoms with Crippen molar-refractivity contribution >= 4 is 40.6 Å². The maximum absolute atomic E-state index is 11.1. The zero-order valence-corrected chi connectivity index (χ0v) is 9.74. The van der Waals surface area contributed by atoms with Gasteiger partial charge >= 0.3 is 0 Å². The number of rotatable bonds is 0. The molecule has 6 heteroatoms. The third kappa shape index (κ3) is 1.52. The van der Waals surface area contributed by atoms with Crippen LogP contribution in [-0.4, -0.2) is 23.3 Å². The predicted molar refractivity (Wildman–Crippen MR) is 62.0 cm³/mol. The van der Waals surface area contributed by atoms with E-state index in [9.17, 15) is 4.79 Å². The fourth-order valence-electron chi connectivity index (χ4n) is 1.75. The Morgan fingerprint density at radius 2 is 2.33 bits per heavy atom. The summed E-state index contributed by atoms with van der Waals surface area (Å²) in [4.78, 5) is 17.5. The highest BCUT2D eigenvalue weighted by Gasteiger charge is 2.30.